The molecule has 1 aromatic rings. The maximum absolute atomic E-state index is 8.87. The van der Waals surface area contributed by atoms with Gasteiger partial charge in [-0.15, -0.1) is 12.4 Å². The molecular formula is C6H6ClO3P. The minimum Gasteiger partial charge on any atom is -0.414 e. The quantitative estimate of drug-likeness (QED) is 0.640. The molecule has 0 aromatic heterocycles. The van der Waals surface area contributed by atoms with Crippen LogP contribution in [0, 0.1) is 0 Å². The van der Waals surface area contributed by atoms with Crippen LogP contribution in [0.25, 0.3) is 0 Å². The van der Waals surface area contributed by atoms with E-state index < -0.39 is 8.60 Å². The summed E-state index contributed by atoms with van der Waals surface area (Å²) in [4.78, 5) is 8.87. The fourth-order valence-corrected chi connectivity index (χ4v) is 1.46. The highest BCUT2D eigenvalue weighted by Gasteiger charge is 2.22. The molecule has 1 N–H and O–H groups in total. The van der Waals surface area contributed by atoms with Crippen molar-refractivity contribution < 1.29 is 13.9 Å². The molecular weight excluding hydrogens is 186 g/mol. The number of hydrogen-bond donors (Lipinski definition) is 1. The van der Waals surface area contributed by atoms with E-state index in [0.717, 1.165) is 0 Å². The predicted octanol–water partition coefficient (Wildman–Crippen LogP) is 2.10. The molecule has 1 aliphatic heterocycles. The van der Waals surface area contributed by atoms with Crippen LogP contribution in [0.1, 0.15) is 0 Å². The van der Waals surface area contributed by atoms with Crippen LogP contribution in [-0.2, 0) is 0 Å². The van der Waals surface area contributed by atoms with Crippen LogP contribution in [0.2, 0.25) is 0 Å². The van der Waals surface area contributed by atoms with Crippen LogP contribution >= 0.6 is 21.0 Å². The lowest BCUT2D eigenvalue weighted by Gasteiger charge is -1.93. The van der Waals surface area contributed by atoms with Gasteiger partial charge in [0.05, 0.1) is 0 Å². The molecule has 0 spiro atoms. The summed E-state index contributed by atoms with van der Waals surface area (Å²) in [5, 5.41) is 0. The Morgan fingerprint density at radius 1 is 1.09 bits per heavy atom. The molecule has 60 valence electrons. The molecule has 1 heterocycles. The molecule has 0 fully saturated rings. The van der Waals surface area contributed by atoms with E-state index in [4.69, 9.17) is 13.9 Å². The zero-order chi connectivity index (χ0) is 6.97. The van der Waals surface area contributed by atoms with Gasteiger partial charge in [0, 0.05) is 0 Å². The fourth-order valence-electron chi connectivity index (χ4n) is 0.788. The second-order valence-corrected chi connectivity index (χ2v) is 2.71. The summed E-state index contributed by atoms with van der Waals surface area (Å²) in [5.41, 5.74) is 0. The summed E-state index contributed by atoms with van der Waals surface area (Å²) >= 11 is 0. The summed E-state index contributed by atoms with van der Waals surface area (Å²) in [7, 11) is -1.69. The molecule has 0 atom stereocenters. The summed E-state index contributed by atoms with van der Waals surface area (Å²) in [6, 6.07) is 7.18. The summed E-state index contributed by atoms with van der Waals surface area (Å²) in [6.45, 7) is 0. The normalized spacial score (nSPS) is 14.3. The van der Waals surface area contributed by atoms with Crippen molar-refractivity contribution >= 4 is 21.0 Å². The standard InChI is InChI=1S/C6H5O3P.ClH/c7-10-8-5-3-1-2-4-6(5)9-10;/h1-4,7H;1H. The lowest BCUT2D eigenvalue weighted by Crippen LogP contribution is -1.79. The monoisotopic (exact) mass is 192 g/mol. The van der Waals surface area contributed by atoms with Crippen LogP contribution < -0.4 is 9.05 Å². The van der Waals surface area contributed by atoms with Gasteiger partial charge in [0.15, 0.2) is 11.5 Å². The third kappa shape index (κ3) is 1.56. The smallest absolute Gasteiger partial charge is 0.414 e. The largest absolute Gasteiger partial charge is 0.460 e. The Kier molecular flexibility index (Phi) is 2.55. The van der Waals surface area contributed by atoms with Gasteiger partial charge in [-0.3, -0.25) is 0 Å². The first-order valence-electron chi connectivity index (χ1n) is 2.80. The Morgan fingerprint density at radius 2 is 1.55 bits per heavy atom. The summed E-state index contributed by atoms with van der Waals surface area (Å²) < 4.78 is 9.81. The number of fused-ring (bicyclic) bond motifs is 1. The first-order valence-corrected chi connectivity index (χ1v) is 3.93. The van der Waals surface area contributed by atoms with Crippen molar-refractivity contribution in [2.75, 3.05) is 0 Å². The molecule has 0 amide bonds. The van der Waals surface area contributed by atoms with Gasteiger partial charge in [-0.05, 0) is 12.1 Å². The molecule has 3 nitrogen and oxygen atoms in total. The van der Waals surface area contributed by atoms with Gasteiger partial charge in [-0.25, -0.2) is 0 Å². The molecule has 0 radical (unpaired) electrons. The summed E-state index contributed by atoms with van der Waals surface area (Å²) in [5.74, 6) is 1.24. The first kappa shape index (κ1) is 8.60. The van der Waals surface area contributed by atoms with Crippen LogP contribution in [-0.4, -0.2) is 4.89 Å². The van der Waals surface area contributed by atoms with Crippen molar-refractivity contribution in [1.29, 1.82) is 0 Å². The van der Waals surface area contributed by atoms with Gasteiger partial charge in [0.2, 0.25) is 0 Å². The second kappa shape index (κ2) is 3.26. The van der Waals surface area contributed by atoms with E-state index >= 15 is 0 Å². The van der Waals surface area contributed by atoms with E-state index in [9.17, 15) is 0 Å². The predicted molar refractivity (Wildman–Crippen MR) is 44.1 cm³/mol. The molecule has 0 aliphatic carbocycles. The lowest BCUT2D eigenvalue weighted by molar-refractivity contribution is 0.429. The van der Waals surface area contributed by atoms with Crippen molar-refractivity contribution in [2.24, 2.45) is 0 Å². The minimum atomic E-state index is -1.69. The summed E-state index contributed by atoms with van der Waals surface area (Å²) in [6.07, 6.45) is 0. The van der Waals surface area contributed by atoms with E-state index in [-0.39, 0.29) is 12.4 Å². The van der Waals surface area contributed by atoms with Gasteiger partial charge >= 0.3 is 8.60 Å². The third-order valence-corrected chi connectivity index (χ3v) is 1.91. The fraction of sp³-hybridized carbons (Fsp3) is 0. The highest BCUT2D eigenvalue weighted by Crippen LogP contribution is 2.48. The number of benzene rings is 1. The maximum Gasteiger partial charge on any atom is 0.460 e. The van der Waals surface area contributed by atoms with Crippen molar-refractivity contribution in [3.05, 3.63) is 24.3 Å². The van der Waals surface area contributed by atoms with E-state index in [2.05, 4.69) is 0 Å². The van der Waals surface area contributed by atoms with Crippen molar-refractivity contribution in [2.45, 2.75) is 0 Å². The Morgan fingerprint density at radius 3 is 2.00 bits per heavy atom. The van der Waals surface area contributed by atoms with Crippen molar-refractivity contribution in [1.82, 2.24) is 0 Å². The molecule has 0 saturated heterocycles. The van der Waals surface area contributed by atoms with Crippen molar-refractivity contribution in [3.8, 4) is 11.5 Å². The molecule has 5 heteroatoms. The van der Waals surface area contributed by atoms with E-state index in [1.165, 1.54) is 0 Å². The average molecular weight is 193 g/mol. The van der Waals surface area contributed by atoms with Crippen molar-refractivity contribution in [3.63, 3.8) is 0 Å². The first-order chi connectivity index (χ1) is 4.86. The Hall–Kier alpha value is -0.500. The Balaban J connectivity index is 0.000000605. The highest BCUT2D eigenvalue weighted by molar-refractivity contribution is 7.41. The average Bonchev–Trinajstić information content (AvgIpc) is 2.27. The number of hydrogen-bond acceptors (Lipinski definition) is 3. The molecule has 1 aliphatic rings. The van der Waals surface area contributed by atoms with Crippen LogP contribution in [0.5, 0.6) is 11.5 Å². The molecule has 11 heavy (non-hydrogen) atoms. The minimum absolute atomic E-state index is 0. The molecule has 2 rings (SSSR count). The van der Waals surface area contributed by atoms with E-state index in [1.54, 1.807) is 12.1 Å². The van der Waals surface area contributed by atoms with Gasteiger partial charge in [0.25, 0.3) is 0 Å². The molecule has 0 unspecified atom stereocenters. The Bertz CT molecular complexity index is 230. The van der Waals surface area contributed by atoms with Crippen LogP contribution in [0.3, 0.4) is 0 Å². The highest BCUT2D eigenvalue weighted by atomic mass is 35.5. The number of halogens is 1. The van der Waals surface area contributed by atoms with Gasteiger partial charge in [-0.1, -0.05) is 12.1 Å². The lowest BCUT2D eigenvalue weighted by atomic mass is 10.3. The van der Waals surface area contributed by atoms with Gasteiger partial charge < -0.3 is 13.9 Å². The van der Waals surface area contributed by atoms with Gasteiger partial charge in [0.1, 0.15) is 0 Å². The Labute approximate surface area is 71.4 Å². The topological polar surface area (TPSA) is 38.7 Å². The van der Waals surface area contributed by atoms with E-state index in [1.807, 2.05) is 12.1 Å². The second-order valence-electron chi connectivity index (χ2n) is 1.87. The van der Waals surface area contributed by atoms with E-state index in [0.29, 0.717) is 11.5 Å². The molecule has 0 bridgehead atoms. The van der Waals surface area contributed by atoms with Crippen LogP contribution in [0.4, 0.5) is 0 Å². The number of rotatable bonds is 0. The van der Waals surface area contributed by atoms with Crippen LogP contribution in [0.15, 0.2) is 24.3 Å². The van der Waals surface area contributed by atoms with Gasteiger partial charge in [-0.2, -0.15) is 0 Å². The molecule has 0 saturated carbocycles. The molecule has 1 aromatic carbocycles. The zero-order valence-electron chi connectivity index (χ0n) is 5.43. The SMILES string of the molecule is Cl.OP1Oc2ccccc2O1. The zero-order valence-corrected chi connectivity index (χ0v) is 7.14. The number of para-hydroxylation sites is 2. The third-order valence-electron chi connectivity index (χ3n) is 1.20. The maximum atomic E-state index is 8.87.